The summed E-state index contributed by atoms with van der Waals surface area (Å²) in [6, 6.07) is 18.5. The molecule has 41 heavy (non-hydrogen) atoms. The molecule has 0 spiro atoms. The summed E-state index contributed by atoms with van der Waals surface area (Å²) >= 11 is 2.04. The number of pyridine rings is 3. The Morgan fingerprint density at radius 3 is 2.76 bits per heavy atom. The van der Waals surface area contributed by atoms with Crippen LogP contribution in [0.3, 0.4) is 0 Å². The molecule has 0 saturated carbocycles. The molecular weight excluding hydrogens is 518 g/mol. The predicted molar refractivity (Wildman–Crippen MR) is 168 cm³/mol. The van der Waals surface area contributed by atoms with Crippen molar-refractivity contribution in [1.82, 2.24) is 4.98 Å². The van der Waals surface area contributed by atoms with Gasteiger partial charge in [0.15, 0.2) is 24.6 Å². The smallest absolute Gasteiger partial charge is 0.221 e. The molecule has 3 nitrogen and oxygen atoms in total. The normalized spacial score (nSPS) is 19.9. The second-order valence-electron chi connectivity index (χ2n) is 12.5. The summed E-state index contributed by atoms with van der Waals surface area (Å²) < 4.78 is 6.38. The minimum Gasteiger partial charge on any atom is -0.259 e. The van der Waals surface area contributed by atoms with Crippen molar-refractivity contribution >= 4 is 27.6 Å². The van der Waals surface area contributed by atoms with Crippen LogP contribution in [0.4, 0.5) is 0 Å². The molecule has 2 atom stereocenters. The highest BCUT2D eigenvalue weighted by Crippen LogP contribution is 2.46. The molecule has 0 bridgehead atoms. The van der Waals surface area contributed by atoms with Gasteiger partial charge in [0.1, 0.15) is 0 Å². The van der Waals surface area contributed by atoms with E-state index in [0.29, 0.717) is 17.9 Å². The molecule has 2 unspecified atom stereocenters. The zero-order chi connectivity index (χ0) is 27.7. The fourth-order valence-corrected chi connectivity index (χ4v) is 9.21. The Labute approximate surface area is 246 Å². The molecule has 6 heterocycles. The van der Waals surface area contributed by atoms with Crippen LogP contribution in [0, 0.1) is 6.92 Å². The summed E-state index contributed by atoms with van der Waals surface area (Å²) in [5, 5.41) is 1.39. The number of benzene rings is 1. The first-order chi connectivity index (χ1) is 20.1. The summed E-state index contributed by atoms with van der Waals surface area (Å²) in [6.45, 7) is 6.90. The number of rotatable bonds is 1. The third-order valence-corrected chi connectivity index (χ3v) is 11.0. The Hall–Kier alpha value is -3.63. The first-order valence-electron chi connectivity index (χ1n) is 15.3. The van der Waals surface area contributed by atoms with Crippen molar-refractivity contribution in [2.45, 2.75) is 77.2 Å². The average Bonchev–Trinajstić information content (AvgIpc) is 3.37. The van der Waals surface area contributed by atoms with Crippen molar-refractivity contribution in [3.8, 4) is 22.5 Å². The van der Waals surface area contributed by atoms with Gasteiger partial charge in [0.05, 0.1) is 28.3 Å². The lowest BCUT2D eigenvalue weighted by atomic mass is 9.78. The van der Waals surface area contributed by atoms with Crippen LogP contribution in [0.25, 0.3) is 38.8 Å². The molecule has 0 saturated heterocycles. The van der Waals surface area contributed by atoms with E-state index < -0.39 is 0 Å². The van der Waals surface area contributed by atoms with E-state index in [4.69, 9.17) is 4.98 Å². The zero-order valence-electron chi connectivity index (χ0n) is 24.2. The Balaban J connectivity index is 1.43. The number of hydrogen-bond acceptors (Lipinski definition) is 2. The third kappa shape index (κ3) is 3.94. The van der Waals surface area contributed by atoms with E-state index in [0.717, 1.165) is 12.8 Å². The standard InChI is InChI=1S/C37H37N3S/c1-23(2)29-19-34-36-31(38-21-30-28-13-6-7-16-35(28)41-37(30)36)20-33-27(14-10-17-39(34)22-24(29)3)25-11-4-5-12-26(25)32-15-8-9-18-40(32)33/h4-5,8-12,15,17-19,21-23,27,33H,6-7,13-14,16,20H2,1-3H3/q+2/b17-10+. The molecule has 0 radical (unpaired) electrons. The fraction of sp³-hybridized carbons (Fsp3) is 0.324. The first-order valence-corrected chi connectivity index (χ1v) is 16.1. The van der Waals surface area contributed by atoms with Gasteiger partial charge in [0.2, 0.25) is 11.4 Å². The van der Waals surface area contributed by atoms with Crippen molar-refractivity contribution < 1.29 is 9.13 Å². The lowest BCUT2D eigenvalue weighted by Gasteiger charge is -2.30. The van der Waals surface area contributed by atoms with E-state index in [2.05, 4.69) is 109 Å². The maximum absolute atomic E-state index is 5.37. The summed E-state index contributed by atoms with van der Waals surface area (Å²) in [4.78, 5) is 6.96. The summed E-state index contributed by atoms with van der Waals surface area (Å²) in [5.74, 6) is 0.844. The predicted octanol–water partition coefficient (Wildman–Crippen LogP) is 8.27. The van der Waals surface area contributed by atoms with Crippen LogP contribution in [-0.2, 0) is 19.3 Å². The van der Waals surface area contributed by atoms with E-state index in [1.807, 2.05) is 11.3 Å². The minimum atomic E-state index is 0.297. The van der Waals surface area contributed by atoms with Gasteiger partial charge in [0.25, 0.3) is 0 Å². The Kier molecular flexibility index (Phi) is 5.96. The Morgan fingerprint density at radius 1 is 1.00 bits per heavy atom. The lowest BCUT2D eigenvalue weighted by molar-refractivity contribution is -0.718. The second kappa shape index (κ2) is 9.73. The van der Waals surface area contributed by atoms with Crippen LogP contribution in [0.2, 0.25) is 0 Å². The number of aromatic nitrogens is 3. The Bertz CT molecular complexity index is 1860. The van der Waals surface area contributed by atoms with Gasteiger partial charge in [-0.05, 0) is 79.8 Å². The molecule has 1 aliphatic carbocycles. The van der Waals surface area contributed by atoms with Crippen LogP contribution < -0.4 is 9.13 Å². The van der Waals surface area contributed by atoms with Gasteiger partial charge < -0.3 is 0 Å². The van der Waals surface area contributed by atoms with Crippen LogP contribution >= 0.6 is 11.3 Å². The van der Waals surface area contributed by atoms with Crippen LogP contribution in [0.5, 0.6) is 0 Å². The number of allylic oxidation sites excluding steroid dienone is 1. The molecule has 204 valence electrons. The molecule has 4 aromatic heterocycles. The maximum atomic E-state index is 5.37. The average molecular weight is 556 g/mol. The molecule has 1 aromatic carbocycles. The van der Waals surface area contributed by atoms with E-state index in [-0.39, 0.29) is 0 Å². The van der Waals surface area contributed by atoms with Gasteiger partial charge >= 0.3 is 0 Å². The van der Waals surface area contributed by atoms with Crippen molar-refractivity contribution in [2.24, 2.45) is 0 Å². The minimum absolute atomic E-state index is 0.297. The third-order valence-electron chi connectivity index (χ3n) is 9.72. The molecule has 3 aliphatic rings. The first kappa shape index (κ1) is 25.1. The number of thiophene rings is 1. The molecule has 2 aliphatic heterocycles. The summed E-state index contributed by atoms with van der Waals surface area (Å²) in [6.07, 6.45) is 18.5. The van der Waals surface area contributed by atoms with Crippen LogP contribution in [0.1, 0.15) is 83.8 Å². The van der Waals surface area contributed by atoms with Gasteiger partial charge in [-0.3, -0.25) is 4.98 Å². The van der Waals surface area contributed by atoms with Gasteiger partial charge in [-0.1, -0.05) is 32.0 Å². The number of fused-ring (bicyclic) bond motifs is 13. The molecule has 0 amide bonds. The maximum Gasteiger partial charge on any atom is 0.221 e. The highest BCUT2D eigenvalue weighted by Gasteiger charge is 2.41. The zero-order valence-corrected chi connectivity index (χ0v) is 25.0. The molecule has 4 heteroatoms. The van der Waals surface area contributed by atoms with E-state index in [9.17, 15) is 0 Å². The monoisotopic (exact) mass is 555 g/mol. The Morgan fingerprint density at radius 2 is 1.85 bits per heavy atom. The molecule has 0 fully saturated rings. The molecule has 8 rings (SSSR count). The van der Waals surface area contributed by atoms with E-state index in [1.165, 1.54) is 80.7 Å². The van der Waals surface area contributed by atoms with Gasteiger partial charge in [0, 0.05) is 45.8 Å². The quantitative estimate of drug-likeness (QED) is 0.191. The van der Waals surface area contributed by atoms with Crippen molar-refractivity contribution in [3.05, 3.63) is 106 Å². The SMILES string of the molecule is Cc1c[n+]2c(cc1C(C)C)-c1c(ncc3c4c(sc13)CCCC4)CC1C(C/C=C/2)c2ccccc2-c2cccc[n+]21. The summed E-state index contributed by atoms with van der Waals surface area (Å²) in [7, 11) is 0. The largest absolute Gasteiger partial charge is 0.259 e. The topological polar surface area (TPSA) is 20.6 Å². The number of hydrogen-bond donors (Lipinski definition) is 0. The van der Waals surface area contributed by atoms with Gasteiger partial charge in [-0.25, -0.2) is 0 Å². The lowest BCUT2D eigenvalue weighted by Crippen LogP contribution is -2.48. The number of aryl methyl sites for hydroxylation is 3. The van der Waals surface area contributed by atoms with Crippen LogP contribution in [0.15, 0.2) is 73.2 Å². The van der Waals surface area contributed by atoms with Crippen molar-refractivity contribution in [2.75, 3.05) is 0 Å². The van der Waals surface area contributed by atoms with E-state index in [1.54, 1.807) is 10.4 Å². The van der Waals surface area contributed by atoms with E-state index >= 15 is 0 Å². The highest BCUT2D eigenvalue weighted by atomic mass is 32.1. The molecular formula is C37H37N3S+2. The van der Waals surface area contributed by atoms with Crippen molar-refractivity contribution in [1.29, 1.82) is 0 Å². The van der Waals surface area contributed by atoms with Gasteiger partial charge in [-0.15, -0.1) is 11.3 Å². The van der Waals surface area contributed by atoms with Gasteiger partial charge in [-0.2, -0.15) is 9.13 Å². The fourth-order valence-electron chi connectivity index (χ4n) is 7.78. The molecule has 5 aromatic rings. The van der Waals surface area contributed by atoms with Crippen molar-refractivity contribution in [3.63, 3.8) is 0 Å². The number of nitrogens with zero attached hydrogens (tertiary/aromatic N) is 3. The molecule has 0 N–H and O–H groups in total. The second-order valence-corrected chi connectivity index (χ2v) is 13.6. The summed E-state index contributed by atoms with van der Waals surface area (Å²) in [5.41, 5.74) is 12.3. The highest BCUT2D eigenvalue weighted by molar-refractivity contribution is 7.19. The van der Waals surface area contributed by atoms with Crippen LogP contribution in [-0.4, -0.2) is 4.98 Å².